The summed E-state index contributed by atoms with van der Waals surface area (Å²) >= 11 is 0. The maximum Gasteiger partial charge on any atom is 0.408 e. The Bertz CT molecular complexity index is 893. The van der Waals surface area contributed by atoms with E-state index in [-0.39, 0.29) is 17.9 Å². The van der Waals surface area contributed by atoms with E-state index in [9.17, 15) is 24.3 Å². The van der Waals surface area contributed by atoms with Gasteiger partial charge in [0.25, 0.3) is 0 Å². The van der Waals surface area contributed by atoms with E-state index < -0.39 is 41.0 Å². The molecule has 0 aromatic carbocycles. The molecule has 1 aliphatic heterocycles. The average Bonchev–Trinajstić information content (AvgIpc) is 3.50. The summed E-state index contributed by atoms with van der Waals surface area (Å²) in [7, 11) is 0. The first-order chi connectivity index (χ1) is 15.5. The van der Waals surface area contributed by atoms with E-state index in [4.69, 9.17) is 4.74 Å². The lowest BCUT2D eigenvalue weighted by molar-refractivity contribution is -0.146. The van der Waals surface area contributed by atoms with E-state index in [2.05, 4.69) is 16.7 Å². The Morgan fingerprint density at radius 2 is 2.03 bits per heavy atom. The maximum absolute atomic E-state index is 13.5. The van der Waals surface area contributed by atoms with Gasteiger partial charge in [0, 0.05) is 18.9 Å². The smallest absolute Gasteiger partial charge is 0.408 e. The Morgan fingerprint density at radius 1 is 1.30 bits per heavy atom. The van der Waals surface area contributed by atoms with Crippen LogP contribution in [0.4, 0.5) is 4.79 Å². The molecule has 0 bridgehead atoms. The lowest BCUT2D eigenvalue weighted by Gasteiger charge is -2.35. The van der Waals surface area contributed by atoms with Gasteiger partial charge in [0.05, 0.1) is 0 Å². The average molecular weight is 462 g/mol. The van der Waals surface area contributed by atoms with Crippen LogP contribution in [0.15, 0.2) is 11.6 Å². The molecule has 9 heteroatoms. The summed E-state index contributed by atoms with van der Waals surface area (Å²) in [6.45, 7) is 7.84. The van der Waals surface area contributed by atoms with Crippen molar-refractivity contribution in [3.8, 4) is 0 Å². The van der Waals surface area contributed by atoms with Gasteiger partial charge >= 0.3 is 12.1 Å². The zero-order valence-corrected chi connectivity index (χ0v) is 19.8. The first-order valence-corrected chi connectivity index (χ1v) is 12.0. The predicted octanol–water partition coefficient (Wildman–Crippen LogP) is 2.21. The molecule has 182 valence electrons. The number of amides is 3. The van der Waals surface area contributed by atoms with Gasteiger partial charge in [-0.15, -0.1) is 0 Å². The van der Waals surface area contributed by atoms with Crippen molar-refractivity contribution in [2.24, 2.45) is 17.3 Å². The van der Waals surface area contributed by atoms with Crippen molar-refractivity contribution in [2.75, 3.05) is 6.54 Å². The van der Waals surface area contributed by atoms with E-state index in [0.717, 1.165) is 12.8 Å². The van der Waals surface area contributed by atoms with Crippen molar-refractivity contribution < 1.29 is 29.0 Å². The van der Waals surface area contributed by atoms with Gasteiger partial charge in [0.1, 0.15) is 23.7 Å². The van der Waals surface area contributed by atoms with Crippen molar-refractivity contribution >= 4 is 23.9 Å². The highest BCUT2D eigenvalue weighted by Crippen LogP contribution is 2.46. The van der Waals surface area contributed by atoms with Crippen LogP contribution in [0.3, 0.4) is 0 Å². The van der Waals surface area contributed by atoms with Gasteiger partial charge in [-0.05, 0) is 37.0 Å². The lowest BCUT2D eigenvalue weighted by atomic mass is 9.85. The Kier molecular flexibility index (Phi) is 5.95. The molecule has 0 aromatic rings. The molecule has 2 saturated carbocycles. The third kappa shape index (κ3) is 4.59. The summed E-state index contributed by atoms with van der Waals surface area (Å²) in [5.41, 5.74) is -0.500. The Labute approximate surface area is 194 Å². The highest BCUT2D eigenvalue weighted by atomic mass is 16.6. The first-order valence-electron chi connectivity index (χ1n) is 12.0. The lowest BCUT2D eigenvalue weighted by Crippen LogP contribution is -2.59. The molecule has 6 atom stereocenters. The molecular formula is C24H35N3O6. The Morgan fingerprint density at radius 3 is 2.58 bits per heavy atom. The van der Waals surface area contributed by atoms with E-state index in [0.29, 0.717) is 38.1 Å². The molecule has 0 aromatic heterocycles. The highest BCUT2D eigenvalue weighted by molar-refractivity contribution is 5.96. The number of carbonyl (C=O) groups is 4. The number of alkyl carbamates (subject to hydrolysis) is 1. The van der Waals surface area contributed by atoms with E-state index in [1.165, 1.54) is 10.5 Å². The van der Waals surface area contributed by atoms with E-state index in [1.807, 2.05) is 27.7 Å². The molecule has 1 heterocycles. The second-order valence-electron chi connectivity index (χ2n) is 11.0. The summed E-state index contributed by atoms with van der Waals surface area (Å²) < 4.78 is 5.54. The van der Waals surface area contributed by atoms with Gasteiger partial charge < -0.3 is 25.4 Å². The maximum atomic E-state index is 13.5. The van der Waals surface area contributed by atoms with Crippen molar-refractivity contribution in [1.82, 2.24) is 15.5 Å². The molecule has 3 amide bonds. The number of ether oxygens (including phenoxy) is 1. The zero-order chi connectivity index (χ0) is 24.1. The fraction of sp³-hybridized carbons (Fsp3) is 0.750. The third-order valence-electron chi connectivity index (χ3n) is 7.58. The number of fused-ring (bicyclic) bond motifs is 1. The SMILES string of the molecule is CC[C@@H]1C[C@]1(NC(=O)[C@@H]1CCCN1C(=O)[C@@H](NC(=O)O[C@@H]1CC2=C[C@@H]2C1)C(C)(C)C)C(=O)O. The highest BCUT2D eigenvalue weighted by Gasteiger charge is 2.61. The fourth-order valence-corrected chi connectivity index (χ4v) is 5.38. The molecule has 1 saturated heterocycles. The normalized spacial score (nSPS) is 33.0. The predicted molar refractivity (Wildman–Crippen MR) is 119 cm³/mol. The summed E-state index contributed by atoms with van der Waals surface area (Å²) in [5, 5.41) is 15.1. The minimum absolute atomic E-state index is 0.0966. The monoisotopic (exact) mass is 461 g/mol. The number of carboxylic acids is 1. The summed E-state index contributed by atoms with van der Waals surface area (Å²) in [4.78, 5) is 52.4. The molecule has 0 unspecified atom stereocenters. The summed E-state index contributed by atoms with van der Waals surface area (Å²) in [6, 6.07) is -1.62. The number of hydrogen-bond acceptors (Lipinski definition) is 5. The van der Waals surface area contributed by atoms with Crippen LogP contribution in [0, 0.1) is 17.3 Å². The number of hydrogen-bond donors (Lipinski definition) is 3. The van der Waals surface area contributed by atoms with Gasteiger partial charge in [-0.25, -0.2) is 9.59 Å². The number of carboxylic acid groups (broad SMARTS) is 1. The number of rotatable bonds is 7. The zero-order valence-electron chi connectivity index (χ0n) is 19.8. The molecule has 9 nitrogen and oxygen atoms in total. The number of nitrogens with one attached hydrogen (secondary N) is 2. The number of likely N-dealkylation sites (tertiary alicyclic amines) is 1. The van der Waals surface area contributed by atoms with Crippen molar-refractivity contribution in [2.45, 2.75) is 89.9 Å². The standard InChI is InChI=1S/C24H35N3O6/c1-5-15-12-24(15,21(30)31)26-19(28)17-7-6-8-27(17)20(29)18(23(2,3)4)25-22(32)33-16-10-13-9-14(13)11-16/h9,13,15-18H,5-8,10-12H2,1-4H3,(H,25,32)(H,26,28)(H,30,31)/t13-,15-,16+,17+,18-,24-/m1/s1. The minimum atomic E-state index is -1.23. The topological polar surface area (TPSA) is 125 Å². The van der Waals surface area contributed by atoms with Gasteiger partial charge in [0.2, 0.25) is 11.8 Å². The molecule has 33 heavy (non-hydrogen) atoms. The number of nitrogens with zero attached hydrogens (tertiary/aromatic N) is 1. The molecule has 0 spiro atoms. The van der Waals surface area contributed by atoms with Crippen molar-refractivity contribution in [3.05, 3.63) is 11.6 Å². The van der Waals surface area contributed by atoms with E-state index in [1.54, 1.807) is 0 Å². The second-order valence-corrected chi connectivity index (χ2v) is 11.0. The van der Waals surface area contributed by atoms with Crippen LogP contribution in [-0.4, -0.2) is 64.2 Å². The summed E-state index contributed by atoms with van der Waals surface area (Å²) in [5.74, 6) is -1.44. The van der Waals surface area contributed by atoms with Crippen LogP contribution in [0.1, 0.15) is 66.2 Å². The van der Waals surface area contributed by atoms with Crippen LogP contribution < -0.4 is 10.6 Å². The van der Waals surface area contributed by atoms with Crippen LogP contribution in [-0.2, 0) is 19.1 Å². The Balaban J connectivity index is 1.41. The van der Waals surface area contributed by atoms with Crippen molar-refractivity contribution in [3.63, 3.8) is 0 Å². The number of carbonyl (C=O) groups excluding carboxylic acids is 3. The van der Waals surface area contributed by atoms with Gasteiger partial charge in [0.15, 0.2) is 0 Å². The van der Waals surface area contributed by atoms with Gasteiger partial charge in [-0.2, -0.15) is 0 Å². The van der Waals surface area contributed by atoms with Crippen molar-refractivity contribution in [1.29, 1.82) is 0 Å². The first kappa shape index (κ1) is 23.6. The van der Waals surface area contributed by atoms with Crippen LogP contribution in [0.2, 0.25) is 0 Å². The largest absolute Gasteiger partial charge is 0.479 e. The second kappa shape index (κ2) is 8.33. The fourth-order valence-electron chi connectivity index (χ4n) is 5.38. The van der Waals surface area contributed by atoms with Gasteiger partial charge in [-0.1, -0.05) is 45.8 Å². The van der Waals surface area contributed by atoms with E-state index >= 15 is 0 Å². The third-order valence-corrected chi connectivity index (χ3v) is 7.58. The molecule has 3 aliphatic carbocycles. The van der Waals surface area contributed by atoms with Crippen LogP contribution in [0.5, 0.6) is 0 Å². The molecule has 4 aliphatic rings. The van der Waals surface area contributed by atoms with Crippen LogP contribution >= 0.6 is 0 Å². The molecule has 4 rings (SSSR count). The quantitative estimate of drug-likeness (QED) is 0.499. The van der Waals surface area contributed by atoms with Gasteiger partial charge in [-0.3, -0.25) is 9.59 Å². The summed E-state index contributed by atoms with van der Waals surface area (Å²) in [6.07, 6.45) is 5.12. The molecule has 3 N–H and O–H groups in total. The number of allylic oxidation sites excluding steroid dienone is 1. The van der Waals surface area contributed by atoms with Crippen LogP contribution in [0.25, 0.3) is 0 Å². The number of aliphatic carboxylic acids is 1. The molecule has 0 radical (unpaired) electrons. The molecular weight excluding hydrogens is 426 g/mol. The Hall–Kier alpha value is -2.58. The molecule has 3 fully saturated rings. The minimum Gasteiger partial charge on any atom is -0.479 e.